The van der Waals surface area contributed by atoms with Gasteiger partial charge in [0.15, 0.2) is 6.61 Å². The fourth-order valence-electron chi connectivity index (χ4n) is 5.19. The fraction of sp³-hybridized carbons (Fsp3) is 0.414. The molecule has 0 spiro atoms. The van der Waals surface area contributed by atoms with E-state index >= 15 is 0 Å². The van der Waals surface area contributed by atoms with Gasteiger partial charge in [0.1, 0.15) is 18.1 Å². The van der Waals surface area contributed by atoms with E-state index in [1.807, 2.05) is 19.1 Å². The summed E-state index contributed by atoms with van der Waals surface area (Å²) in [7, 11) is 0. The van der Waals surface area contributed by atoms with Crippen LogP contribution in [-0.4, -0.2) is 91.4 Å². The Morgan fingerprint density at radius 2 is 1.80 bits per heavy atom. The van der Waals surface area contributed by atoms with E-state index in [1.54, 1.807) is 24.4 Å². The lowest BCUT2D eigenvalue weighted by molar-refractivity contribution is -0.290. The lowest BCUT2D eigenvalue weighted by Gasteiger charge is -2.38. The van der Waals surface area contributed by atoms with Crippen LogP contribution in [0.1, 0.15) is 24.9 Å². The van der Waals surface area contributed by atoms with Crippen LogP contribution in [0.15, 0.2) is 48.9 Å². The van der Waals surface area contributed by atoms with Crippen molar-refractivity contribution in [2.75, 3.05) is 38.1 Å². The van der Waals surface area contributed by atoms with Crippen molar-refractivity contribution in [3.05, 3.63) is 54.5 Å². The standard InChI is InChI=1S/C29H27F7N8O2/c1-16(43-6-8-44(9-7-43)25(45)19-13-27(19,30)31)17-4-5-37-23(11-17)42-26-40-20-3-2-18(10-22(20)41-26)21-12-24(39-15-38-21)46-14-28(32,33)29(34,35)36/h2-5,10-12,15-16,19H,6-9,13-14H2,1H3,(H2,37,40,41,42). The van der Waals surface area contributed by atoms with E-state index in [0.29, 0.717) is 54.5 Å². The molecular formula is C29H27F7N8O2. The number of H-pyrrole nitrogens is 1. The summed E-state index contributed by atoms with van der Waals surface area (Å²) in [5.41, 5.74) is 2.82. The van der Waals surface area contributed by atoms with E-state index in [2.05, 4.69) is 39.9 Å². The van der Waals surface area contributed by atoms with Crippen molar-refractivity contribution in [2.45, 2.75) is 37.4 Å². The highest BCUT2D eigenvalue weighted by atomic mass is 19.4. The number of anilines is 2. The molecule has 3 aromatic heterocycles. The van der Waals surface area contributed by atoms with Gasteiger partial charge in [-0.1, -0.05) is 6.07 Å². The maximum atomic E-state index is 13.3. The van der Waals surface area contributed by atoms with Crippen molar-refractivity contribution >= 4 is 28.7 Å². The molecule has 4 aromatic rings. The van der Waals surface area contributed by atoms with Crippen molar-refractivity contribution in [3.63, 3.8) is 0 Å². The molecule has 0 bridgehead atoms. The van der Waals surface area contributed by atoms with Crippen LogP contribution in [0.5, 0.6) is 5.88 Å². The molecule has 1 aliphatic heterocycles. The number of halogens is 7. The summed E-state index contributed by atoms with van der Waals surface area (Å²) in [4.78, 5) is 35.7. The summed E-state index contributed by atoms with van der Waals surface area (Å²) >= 11 is 0. The fourth-order valence-corrected chi connectivity index (χ4v) is 5.19. The van der Waals surface area contributed by atoms with Gasteiger partial charge in [-0.3, -0.25) is 9.69 Å². The van der Waals surface area contributed by atoms with Crippen LogP contribution in [0.2, 0.25) is 0 Å². The zero-order valence-corrected chi connectivity index (χ0v) is 24.2. The lowest BCUT2D eigenvalue weighted by atomic mass is 10.1. The normalized spacial score (nSPS) is 19.2. The quantitative estimate of drug-likeness (QED) is 0.225. The van der Waals surface area contributed by atoms with Gasteiger partial charge in [0.05, 0.1) is 16.7 Å². The van der Waals surface area contributed by atoms with Gasteiger partial charge in [-0.2, -0.15) is 22.0 Å². The summed E-state index contributed by atoms with van der Waals surface area (Å²) in [6.07, 6.45) is -3.49. The second kappa shape index (κ2) is 11.7. The topological polar surface area (TPSA) is 112 Å². The summed E-state index contributed by atoms with van der Waals surface area (Å²) < 4.78 is 95.2. The van der Waals surface area contributed by atoms with Crippen LogP contribution >= 0.6 is 0 Å². The Bertz CT molecular complexity index is 1740. The number of aromatic nitrogens is 5. The third kappa shape index (κ3) is 6.54. The van der Waals surface area contributed by atoms with Crippen molar-refractivity contribution < 1.29 is 40.3 Å². The van der Waals surface area contributed by atoms with Crippen LogP contribution in [0.25, 0.3) is 22.3 Å². The molecule has 2 aliphatic rings. The number of nitrogens with zero attached hydrogens (tertiary/aromatic N) is 6. The van der Waals surface area contributed by atoms with Gasteiger partial charge in [-0.05, 0) is 36.8 Å². The van der Waals surface area contributed by atoms with Crippen molar-refractivity contribution in [2.24, 2.45) is 5.92 Å². The number of hydrogen-bond donors (Lipinski definition) is 2. The molecule has 1 aromatic carbocycles. The molecule has 10 nitrogen and oxygen atoms in total. The average molecular weight is 653 g/mol. The van der Waals surface area contributed by atoms with Crippen LogP contribution in [-0.2, 0) is 4.79 Å². The first-order valence-corrected chi connectivity index (χ1v) is 14.2. The number of pyridine rings is 1. The molecule has 2 atom stereocenters. The molecule has 1 saturated heterocycles. The van der Waals surface area contributed by atoms with Crippen LogP contribution in [0, 0.1) is 5.92 Å². The van der Waals surface area contributed by atoms with Gasteiger partial charge in [-0.25, -0.2) is 28.7 Å². The minimum absolute atomic E-state index is 0.0391. The van der Waals surface area contributed by atoms with E-state index < -0.39 is 42.3 Å². The van der Waals surface area contributed by atoms with Crippen LogP contribution in [0.3, 0.4) is 0 Å². The Kier molecular flexibility index (Phi) is 7.98. The van der Waals surface area contributed by atoms with Gasteiger partial charge < -0.3 is 19.9 Å². The van der Waals surface area contributed by atoms with Crippen molar-refractivity contribution in [1.29, 1.82) is 0 Å². The summed E-state index contributed by atoms with van der Waals surface area (Å²) in [6, 6.07) is 9.83. The number of hydrogen-bond acceptors (Lipinski definition) is 8. The van der Waals surface area contributed by atoms with E-state index in [0.717, 1.165) is 18.0 Å². The second-order valence-corrected chi connectivity index (χ2v) is 11.2. The minimum Gasteiger partial charge on any atom is -0.471 e. The first-order chi connectivity index (χ1) is 21.7. The molecule has 6 rings (SSSR count). The zero-order valence-electron chi connectivity index (χ0n) is 24.2. The molecule has 1 aliphatic carbocycles. The summed E-state index contributed by atoms with van der Waals surface area (Å²) in [6.45, 7) is 1.94. The van der Waals surface area contributed by atoms with Gasteiger partial charge in [0.25, 0.3) is 5.92 Å². The number of piperazine rings is 1. The number of imidazole rings is 1. The maximum absolute atomic E-state index is 13.3. The van der Waals surface area contributed by atoms with E-state index in [9.17, 15) is 35.5 Å². The Morgan fingerprint density at radius 3 is 2.50 bits per heavy atom. The molecule has 46 heavy (non-hydrogen) atoms. The van der Waals surface area contributed by atoms with Gasteiger partial charge in [0, 0.05) is 56.5 Å². The number of fused-ring (bicyclic) bond motifs is 1. The van der Waals surface area contributed by atoms with Crippen molar-refractivity contribution in [3.8, 4) is 17.1 Å². The number of nitrogens with one attached hydrogen (secondary N) is 2. The molecule has 2 fully saturated rings. The monoisotopic (exact) mass is 652 g/mol. The van der Waals surface area contributed by atoms with E-state index in [-0.39, 0.29) is 18.2 Å². The van der Waals surface area contributed by atoms with Gasteiger partial charge in [-0.15, -0.1) is 0 Å². The Hall–Kier alpha value is -4.54. The van der Waals surface area contributed by atoms with Crippen LogP contribution < -0.4 is 10.1 Å². The van der Waals surface area contributed by atoms with E-state index in [4.69, 9.17) is 0 Å². The lowest BCUT2D eigenvalue weighted by Crippen LogP contribution is -2.50. The molecule has 1 amide bonds. The first kappa shape index (κ1) is 31.4. The Balaban J connectivity index is 1.09. The molecular weight excluding hydrogens is 625 g/mol. The highest BCUT2D eigenvalue weighted by molar-refractivity contribution is 5.84. The molecule has 2 N–H and O–H groups in total. The van der Waals surface area contributed by atoms with Gasteiger partial charge >= 0.3 is 12.1 Å². The predicted molar refractivity (Wildman–Crippen MR) is 151 cm³/mol. The number of alkyl halides is 7. The highest BCUT2D eigenvalue weighted by Crippen LogP contribution is 2.49. The number of amides is 1. The smallest absolute Gasteiger partial charge is 0.456 e. The molecule has 17 heteroatoms. The third-order valence-electron chi connectivity index (χ3n) is 8.05. The Morgan fingerprint density at radius 1 is 1.07 bits per heavy atom. The largest absolute Gasteiger partial charge is 0.471 e. The minimum atomic E-state index is -5.75. The number of carbonyl (C=O) groups is 1. The average Bonchev–Trinajstić information content (AvgIpc) is 3.48. The SMILES string of the molecule is CC(c1ccnc(Nc2nc3ccc(-c4cc(OCC(F)(F)C(F)(F)F)ncn4)cc3[nH]2)c1)N1CCN(C(=O)C2CC2(F)F)CC1. The second-order valence-electron chi connectivity index (χ2n) is 11.2. The molecule has 1 saturated carbocycles. The molecule has 4 heterocycles. The molecule has 0 radical (unpaired) electrons. The number of carbonyl (C=O) groups excluding carboxylic acids is 1. The van der Waals surface area contributed by atoms with Gasteiger partial charge in [0.2, 0.25) is 17.7 Å². The van der Waals surface area contributed by atoms with Crippen molar-refractivity contribution in [1.82, 2.24) is 34.7 Å². The molecule has 244 valence electrons. The first-order valence-electron chi connectivity index (χ1n) is 14.2. The number of aromatic amines is 1. The van der Waals surface area contributed by atoms with E-state index in [1.165, 1.54) is 4.90 Å². The third-order valence-corrected chi connectivity index (χ3v) is 8.05. The zero-order chi connectivity index (χ0) is 32.9. The number of ether oxygens (including phenoxy) is 1. The molecule has 2 unspecified atom stereocenters. The predicted octanol–water partition coefficient (Wildman–Crippen LogP) is 5.60. The number of benzene rings is 1. The Labute approximate surface area is 257 Å². The number of rotatable bonds is 9. The van der Waals surface area contributed by atoms with Crippen LogP contribution in [0.4, 0.5) is 42.5 Å². The maximum Gasteiger partial charge on any atom is 0.456 e. The highest BCUT2D eigenvalue weighted by Gasteiger charge is 2.62. The summed E-state index contributed by atoms with van der Waals surface area (Å²) in [5, 5.41) is 3.12. The summed E-state index contributed by atoms with van der Waals surface area (Å²) in [5.74, 6) is -9.16.